The second-order valence-corrected chi connectivity index (χ2v) is 5.99. The van der Waals surface area contributed by atoms with Crippen molar-refractivity contribution >= 4 is 0 Å². The second kappa shape index (κ2) is 7.34. The van der Waals surface area contributed by atoms with E-state index >= 15 is 0 Å². The van der Waals surface area contributed by atoms with Crippen LogP contribution in [0.25, 0.3) is 0 Å². The summed E-state index contributed by atoms with van der Waals surface area (Å²) < 4.78 is 5.40. The van der Waals surface area contributed by atoms with Crippen LogP contribution < -0.4 is 5.32 Å². The Hall–Kier alpha value is -0.120. The first-order chi connectivity index (χ1) is 8.04. The quantitative estimate of drug-likeness (QED) is 0.670. The van der Waals surface area contributed by atoms with E-state index < -0.39 is 0 Å². The molecule has 0 aromatic carbocycles. The first kappa shape index (κ1) is 14.9. The number of nitrogens with zero attached hydrogens (tertiary/aromatic N) is 1. The van der Waals surface area contributed by atoms with Gasteiger partial charge in [0, 0.05) is 38.3 Å². The molecule has 17 heavy (non-hydrogen) atoms. The lowest BCUT2D eigenvalue weighted by Gasteiger charge is -2.33. The lowest BCUT2D eigenvalue weighted by molar-refractivity contribution is 0.0749. The molecule has 0 bridgehead atoms. The Kier molecular flexibility index (Phi) is 6.45. The van der Waals surface area contributed by atoms with Gasteiger partial charge in [-0.15, -0.1) is 0 Å². The molecule has 1 aliphatic carbocycles. The van der Waals surface area contributed by atoms with E-state index in [-0.39, 0.29) is 0 Å². The van der Waals surface area contributed by atoms with Crippen LogP contribution in [0.3, 0.4) is 0 Å². The number of methoxy groups -OCH3 is 1. The van der Waals surface area contributed by atoms with Crippen LogP contribution in [0.2, 0.25) is 0 Å². The number of hydrogen-bond acceptors (Lipinski definition) is 3. The van der Waals surface area contributed by atoms with Gasteiger partial charge in [-0.2, -0.15) is 0 Å². The molecule has 1 rings (SSSR count). The first-order valence-corrected chi connectivity index (χ1v) is 7.02. The topological polar surface area (TPSA) is 24.5 Å². The van der Waals surface area contributed by atoms with E-state index in [2.05, 4.69) is 37.9 Å². The average Bonchev–Trinajstić information content (AvgIpc) is 3.04. The number of nitrogens with one attached hydrogen (secondary N) is 1. The molecule has 0 aliphatic heterocycles. The van der Waals surface area contributed by atoms with Gasteiger partial charge in [0.2, 0.25) is 0 Å². The molecule has 1 aliphatic rings. The average molecular weight is 242 g/mol. The van der Waals surface area contributed by atoms with Gasteiger partial charge < -0.3 is 10.1 Å². The highest BCUT2D eigenvalue weighted by atomic mass is 16.5. The van der Waals surface area contributed by atoms with E-state index in [1.807, 2.05) is 7.11 Å². The Labute approximate surface area is 107 Å². The van der Waals surface area contributed by atoms with Gasteiger partial charge in [-0.25, -0.2) is 0 Å². The molecule has 0 radical (unpaired) electrons. The van der Waals surface area contributed by atoms with Crippen LogP contribution in [-0.2, 0) is 4.74 Å². The predicted octanol–water partition coefficient (Wildman–Crippen LogP) is 2.12. The van der Waals surface area contributed by atoms with Crippen molar-refractivity contribution in [1.82, 2.24) is 10.2 Å². The molecule has 1 atom stereocenters. The van der Waals surface area contributed by atoms with Crippen molar-refractivity contribution in [2.75, 3.05) is 26.8 Å². The van der Waals surface area contributed by atoms with Crippen LogP contribution in [0.15, 0.2) is 0 Å². The van der Waals surface area contributed by atoms with Crippen LogP contribution >= 0.6 is 0 Å². The third-order valence-corrected chi connectivity index (χ3v) is 3.18. The Morgan fingerprint density at radius 2 is 1.88 bits per heavy atom. The van der Waals surface area contributed by atoms with E-state index in [0.29, 0.717) is 12.1 Å². The Bertz CT molecular complexity index is 202. The molecule has 3 heteroatoms. The van der Waals surface area contributed by atoms with Crippen LogP contribution in [-0.4, -0.2) is 49.8 Å². The molecule has 0 heterocycles. The van der Waals surface area contributed by atoms with E-state index in [9.17, 15) is 0 Å². The zero-order chi connectivity index (χ0) is 12.8. The minimum absolute atomic E-state index is 0.525. The third kappa shape index (κ3) is 5.84. The summed E-state index contributed by atoms with van der Waals surface area (Å²) in [5, 5.41) is 3.55. The van der Waals surface area contributed by atoms with Gasteiger partial charge in [-0.05, 0) is 18.8 Å². The molecule has 1 fully saturated rings. The van der Waals surface area contributed by atoms with E-state index in [1.165, 1.54) is 19.4 Å². The Morgan fingerprint density at radius 3 is 2.29 bits per heavy atom. The lowest BCUT2D eigenvalue weighted by atomic mass is 10.1. The maximum atomic E-state index is 5.40. The fourth-order valence-electron chi connectivity index (χ4n) is 2.26. The van der Waals surface area contributed by atoms with E-state index in [0.717, 1.165) is 25.1 Å². The van der Waals surface area contributed by atoms with Crippen LogP contribution in [0.1, 0.15) is 40.5 Å². The SMILES string of the molecule is COCC(CNC(C)C)N(CC(C)C)C1CC1. The van der Waals surface area contributed by atoms with Crippen LogP contribution in [0, 0.1) is 5.92 Å². The summed E-state index contributed by atoms with van der Waals surface area (Å²) in [4.78, 5) is 2.66. The molecule has 102 valence electrons. The highest BCUT2D eigenvalue weighted by Crippen LogP contribution is 2.29. The van der Waals surface area contributed by atoms with Crippen LogP contribution in [0.4, 0.5) is 0 Å². The van der Waals surface area contributed by atoms with E-state index in [1.54, 1.807) is 0 Å². The summed E-state index contributed by atoms with van der Waals surface area (Å²) in [5.41, 5.74) is 0. The summed E-state index contributed by atoms with van der Waals surface area (Å²) >= 11 is 0. The van der Waals surface area contributed by atoms with Crippen molar-refractivity contribution in [2.24, 2.45) is 5.92 Å². The molecule has 3 nitrogen and oxygen atoms in total. The van der Waals surface area contributed by atoms with Gasteiger partial charge in [0.25, 0.3) is 0 Å². The fraction of sp³-hybridized carbons (Fsp3) is 1.00. The Morgan fingerprint density at radius 1 is 1.24 bits per heavy atom. The molecule has 0 aromatic rings. The number of hydrogen-bond donors (Lipinski definition) is 1. The second-order valence-electron chi connectivity index (χ2n) is 5.99. The molecule has 0 spiro atoms. The number of rotatable bonds is 9. The molecule has 0 saturated heterocycles. The maximum Gasteiger partial charge on any atom is 0.0630 e. The van der Waals surface area contributed by atoms with Crippen molar-refractivity contribution in [2.45, 2.75) is 58.7 Å². The van der Waals surface area contributed by atoms with Gasteiger partial charge >= 0.3 is 0 Å². The largest absolute Gasteiger partial charge is 0.383 e. The summed E-state index contributed by atoms with van der Waals surface area (Å²) in [5.74, 6) is 0.731. The summed E-state index contributed by atoms with van der Waals surface area (Å²) in [6.07, 6.45) is 2.74. The van der Waals surface area contributed by atoms with Gasteiger partial charge in [0.15, 0.2) is 0 Å². The summed E-state index contributed by atoms with van der Waals surface area (Å²) in [7, 11) is 1.81. The van der Waals surface area contributed by atoms with Gasteiger partial charge in [-0.3, -0.25) is 4.90 Å². The zero-order valence-corrected chi connectivity index (χ0v) is 12.2. The van der Waals surface area contributed by atoms with Crippen LogP contribution in [0.5, 0.6) is 0 Å². The highest BCUT2D eigenvalue weighted by Gasteiger charge is 2.34. The molecule has 1 saturated carbocycles. The van der Waals surface area contributed by atoms with E-state index in [4.69, 9.17) is 4.74 Å². The normalized spacial score (nSPS) is 18.4. The van der Waals surface area contributed by atoms with Gasteiger partial charge in [0.1, 0.15) is 0 Å². The first-order valence-electron chi connectivity index (χ1n) is 7.02. The lowest BCUT2D eigenvalue weighted by Crippen LogP contribution is -2.48. The highest BCUT2D eigenvalue weighted by molar-refractivity contribution is 4.90. The molecule has 1 N–H and O–H groups in total. The fourth-order valence-corrected chi connectivity index (χ4v) is 2.26. The maximum absolute atomic E-state index is 5.40. The molecule has 0 aromatic heterocycles. The van der Waals surface area contributed by atoms with Crippen molar-refractivity contribution in [3.8, 4) is 0 Å². The third-order valence-electron chi connectivity index (χ3n) is 3.18. The predicted molar refractivity (Wildman–Crippen MR) is 73.4 cm³/mol. The molecular weight excluding hydrogens is 212 g/mol. The summed E-state index contributed by atoms with van der Waals surface area (Å²) in [6.45, 7) is 12.1. The standard InChI is InChI=1S/C14H30N2O/c1-11(2)9-16(13-6-7-13)14(10-17-5)8-15-12(3)4/h11-15H,6-10H2,1-5H3. The van der Waals surface area contributed by atoms with Crippen molar-refractivity contribution in [1.29, 1.82) is 0 Å². The zero-order valence-electron chi connectivity index (χ0n) is 12.2. The molecule has 0 amide bonds. The van der Waals surface area contributed by atoms with Crippen molar-refractivity contribution < 1.29 is 4.74 Å². The number of ether oxygens (including phenoxy) is 1. The van der Waals surface area contributed by atoms with Gasteiger partial charge in [-0.1, -0.05) is 27.7 Å². The smallest absolute Gasteiger partial charge is 0.0630 e. The summed E-state index contributed by atoms with van der Waals surface area (Å²) in [6, 6.07) is 1.89. The van der Waals surface area contributed by atoms with Crippen molar-refractivity contribution in [3.05, 3.63) is 0 Å². The Balaban J connectivity index is 2.50. The molecule has 1 unspecified atom stereocenters. The minimum Gasteiger partial charge on any atom is -0.383 e. The van der Waals surface area contributed by atoms with Crippen molar-refractivity contribution in [3.63, 3.8) is 0 Å². The monoisotopic (exact) mass is 242 g/mol. The van der Waals surface area contributed by atoms with Gasteiger partial charge in [0.05, 0.1) is 6.61 Å². The molecular formula is C14H30N2O. The minimum atomic E-state index is 0.525.